The molecule has 0 unspecified atom stereocenters. The van der Waals surface area contributed by atoms with Crippen molar-refractivity contribution >= 4 is 16.1 Å². The zero-order valence-electron chi connectivity index (χ0n) is 14.8. The maximum absolute atomic E-state index is 13.1. The Hall–Kier alpha value is -1.60. The van der Waals surface area contributed by atoms with Gasteiger partial charge in [0.1, 0.15) is 0 Å². The van der Waals surface area contributed by atoms with Crippen LogP contribution in [0.5, 0.6) is 0 Å². The molecular weight excluding hydrogens is 328 g/mol. The van der Waals surface area contributed by atoms with Crippen LogP contribution >= 0.6 is 0 Å². The number of aryl methyl sites for hydroxylation is 3. The Balaban J connectivity index is 2.24. The van der Waals surface area contributed by atoms with Gasteiger partial charge in [0.05, 0.1) is 11.5 Å². The van der Waals surface area contributed by atoms with Crippen molar-refractivity contribution in [2.24, 2.45) is 0 Å². The minimum absolute atomic E-state index is 0.286. The van der Waals surface area contributed by atoms with Gasteiger partial charge in [-0.15, -0.1) is 0 Å². The first kappa shape index (κ1) is 18.7. The van der Waals surface area contributed by atoms with Gasteiger partial charge in [0.25, 0.3) is 0 Å². The number of sulfonamides is 1. The van der Waals surface area contributed by atoms with E-state index >= 15 is 0 Å². The summed E-state index contributed by atoms with van der Waals surface area (Å²) >= 11 is 0. The van der Waals surface area contributed by atoms with Crippen molar-refractivity contribution in [3.05, 3.63) is 28.8 Å². The van der Waals surface area contributed by atoms with E-state index in [1.54, 1.807) is 11.8 Å². The van der Waals surface area contributed by atoms with Gasteiger partial charge in [-0.1, -0.05) is 17.7 Å². The molecule has 1 saturated heterocycles. The average molecular weight is 354 g/mol. The van der Waals surface area contributed by atoms with E-state index in [2.05, 4.69) is 0 Å². The highest BCUT2D eigenvalue weighted by Gasteiger charge is 2.30. The molecule has 0 N–H and O–H groups in total. The highest BCUT2D eigenvalue weighted by molar-refractivity contribution is 7.89. The van der Waals surface area contributed by atoms with Crippen molar-refractivity contribution in [1.82, 2.24) is 9.21 Å². The summed E-state index contributed by atoms with van der Waals surface area (Å²) in [7, 11) is -3.57. The molecule has 0 radical (unpaired) electrons. The van der Waals surface area contributed by atoms with Crippen molar-refractivity contribution < 1.29 is 17.9 Å². The molecule has 0 bridgehead atoms. The molecule has 24 heavy (non-hydrogen) atoms. The van der Waals surface area contributed by atoms with Crippen molar-refractivity contribution in [3.63, 3.8) is 0 Å². The molecule has 1 aliphatic heterocycles. The lowest BCUT2D eigenvalue weighted by Crippen LogP contribution is -2.38. The standard InChI is InChI=1S/C17H26N2O4S/c1-5-23-17(20)18-7-6-8-19(10-9-18)24(21,22)16-14(3)11-13(2)12-15(16)4/h11-12H,5-10H2,1-4H3. The fourth-order valence-corrected chi connectivity index (χ4v) is 5.12. The number of ether oxygens (including phenoxy) is 1. The number of carbonyl (C=O) groups excluding carboxylic acids is 1. The highest BCUT2D eigenvalue weighted by Crippen LogP contribution is 2.26. The second-order valence-electron chi connectivity index (χ2n) is 6.17. The largest absolute Gasteiger partial charge is 0.450 e. The molecule has 1 aromatic rings. The van der Waals surface area contributed by atoms with Crippen LogP contribution in [-0.4, -0.2) is 56.5 Å². The van der Waals surface area contributed by atoms with Crippen LogP contribution in [0.25, 0.3) is 0 Å². The lowest BCUT2D eigenvalue weighted by Gasteiger charge is -2.23. The quantitative estimate of drug-likeness (QED) is 0.836. The van der Waals surface area contributed by atoms with Crippen molar-refractivity contribution in [2.45, 2.75) is 39.0 Å². The van der Waals surface area contributed by atoms with Crippen LogP contribution in [0.3, 0.4) is 0 Å². The summed E-state index contributed by atoms with van der Waals surface area (Å²) in [5.41, 5.74) is 2.58. The van der Waals surface area contributed by atoms with Crippen LogP contribution < -0.4 is 0 Å². The lowest BCUT2D eigenvalue weighted by molar-refractivity contribution is 0.109. The number of hydrogen-bond donors (Lipinski definition) is 0. The molecular formula is C17H26N2O4S. The minimum atomic E-state index is -3.57. The maximum Gasteiger partial charge on any atom is 0.409 e. The third-order valence-corrected chi connectivity index (χ3v) is 6.39. The first-order chi connectivity index (χ1) is 11.3. The van der Waals surface area contributed by atoms with Crippen LogP contribution in [0.1, 0.15) is 30.0 Å². The molecule has 0 spiro atoms. The molecule has 0 atom stereocenters. The molecule has 6 nitrogen and oxygen atoms in total. The van der Waals surface area contributed by atoms with Gasteiger partial charge in [0.15, 0.2) is 0 Å². The molecule has 1 heterocycles. The SMILES string of the molecule is CCOC(=O)N1CCCN(S(=O)(=O)c2c(C)cc(C)cc2C)CC1. The van der Waals surface area contributed by atoms with Crippen molar-refractivity contribution in [3.8, 4) is 0 Å². The van der Waals surface area contributed by atoms with Crippen LogP contribution in [-0.2, 0) is 14.8 Å². The molecule has 1 amide bonds. The summed E-state index contributed by atoms with van der Waals surface area (Å²) in [6.07, 6.45) is 0.224. The molecule has 1 aromatic carbocycles. The third-order valence-electron chi connectivity index (χ3n) is 4.18. The van der Waals surface area contributed by atoms with E-state index < -0.39 is 10.0 Å². The van der Waals surface area contributed by atoms with E-state index in [1.807, 2.05) is 32.9 Å². The molecule has 2 rings (SSSR count). The van der Waals surface area contributed by atoms with Gasteiger partial charge < -0.3 is 9.64 Å². The maximum atomic E-state index is 13.1. The Morgan fingerprint density at radius 1 is 1.08 bits per heavy atom. The van der Waals surface area contributed by atoms with E-state index in [-0.39, 0.29) is 12.6 Å². The fourth-order valence-electron chi connectivity index (χ4n) is 3.23. The Morgan fingerprint density at radius 2 is 1.71 bits per heavy atom. The Labute approximate surface area is 144 Å². The first-order valence-electron chi connectivity index (χ1n) is 8.27. The number of nitrogens with zero attached hydrogens (tertiary/aromatic N) is 2. The topological polar surface area (TPSA) is 66.9 Å². The second-order valence-corrected chi connectivity index (χ2v) is 8.05. The zero-order valence-corrected chi connectivity index (χ0v) is 15.6. The van der Waals surface area contributed by atoms with Gasteiger partial charge in [0, 0.05) is 26.2 Å². The molecule has 0 aromatic heterocycles. The van der Waals surface area contributed by atoms with E-state index in [1.165, 1.54) is 4.31 Å². The van der Waals surface area contributed by atoms with E-state index in [0.29, 0.717) is 37.6 Å². The summed E-state index contributed by atoms with van der Waals surface area (Å²) in [6.45, 7) is 9.25. The van der Waals surface area contributed by atoms with Crippen molar-refractivity contribution in [2.75, 3.05) is 32.8 Å². The molecule has 1 aliphatic rings. The number of benzene rings is 1. The van der Waals surface area contributed by atoms with Gasteiger partial charge in [-0.25, -0.2) is 13.2 Å². The number of hydrogen-bond acceptors (Lipinski definition) is 4. The molecule has 0 aliphatic carbocycles. The summed E-state index contributed by atoms with van der Waals surface area (Å²) in [4.78, 5) is 13.8. The first-order valence-corrected chi connectivity index (χ1v) is 9.71. The van der Waals surface area contributed by atoms with Crippen molar-refractivity contribution in [1.29, 1.82) is 0 Å². The van der Waals surface area contributed by atoms with Gasteiger partial charge in [0.2, 0.25) is 10.0 Å². The third kappa shape index (κ3) is 3.89. The van der Waals surface area contributed by atoms with Crippen LogP contribution in [0.15, 0.2) is 17.0 Å². The van der Waals surface area contributed by atoms with E-state index in [4.69, 9.17) is 4.74 Å². The zero-order chi connectivity index (χ0) is 17.9. The van der Waals surface area contributed by atoms with E-state index in [0.717, 1.165) is 16.7 Å². The monoisotopic (exact) mass is 354 g/mol. The highest BCUT2D eigenvalue weighted by atomic mass is 32.2. The summed E-state index contributed by atoms with van der Waals surface area (Å²) < 4.78 is 32.7. The van der Waals surface area contributed by atoms with Crippen LogP contribution in [0.4, 0.5) is 4.79 Å². The number of rotatable bonds is 3. The number of carbonyl (C=O) groups is 1. The lowest BCUT2D eigenvalue weighted by atomic mass is 10.1. The predicted molar refractivity (Wildman–Crippen MR) is 92.6 cm³/mol. The summed E-state index contributed by atoms with van der Waals surface area (Å²) in [5, 5.41) is 0. The van der Waals surface area contributed by atoms with Crippen LogP contribution in [0, 0.1) is 20.8 Å². The fraction of sp³-hybridized carbons (Fsp3) is 0.588. The van der Waals surface area contributed by atoms with Gasteiger partial charge >= 0.3 is 6.09 Å². The van der Waals surface area contributed by atoms with Gasteiger partial charge in [-0.2, -0.15) is 4.31 Å². The summed E-state index contributed by atoms with van der Waals surface area (Å²) in [5.74, 6) is 0. The predicted octanol–water partition coefficient (Wildman–Crippen LogP) is 2.46. The molecule has 0 saturated carbocycles. The van der Waals surface area contributed by atoms with Crippen LogP contribution in [0.2, 0.25) is 0 Å². The Morgan fingerprint density at radius 3 is 2.29 bits per heavy atom. The molecule has 134 valence electrons. The van der Waals surface area contributed by atoms with Gasteiger partial charge in [-0.05, 0) is 45.2 Å². The Kier molecular flexibility index (Phi) is 5.87. The van der Waals surface area contributed by atoms with E-state index in [9.17, 15) is 13.2 Å². The average Bonchev–Trinajstić information content (AvgIpc) is 2.72. The Bertz CT molecular complexity index is 692. The molecule has 7 heteroatoms. The second kappa shape index (κ2) is 7.53. The minimum Gasteiger partial charge on any atom is -0.450 e. The number of amides is 1. The van der Waals surface area contributed by atoms with Gasteiger partial charge in [-0.3, -0.25) is 0 Å². The molecule has 1 fully saturated rings. The summed E-state index contributed by atoms with van der Waals surface area (Å²) in [6, 6.07) is 3.78. The smallest absolute Gasteiger partial charge is 0.409 e. The normalized spacial score (nSPS) is 16.8.